The number of para-hydroxylation sites is 1. The van der Waals surface area contributed by atoms with E-state index in [0.717, 1.165) is 22.7 Å². The third kappa shape index (κ3) is 4.60. The molecule has 1 atom stereocenters. The highest BCUT2D eigenvalue weighted by atomic mass is 32.1. The minimum absolute atomic E-state index is 0.0481. The van der Waals surface area contributed by atoms with Gasteiger partial charge in [-0.25, -0.2) is 4.98 Å². The van der Waals surface area contributed by atoms with Gasteiger partial charge in [0.2, 0.25) is 11.8 Å². The second-order valence-corrected chi connectivity index (χ2v) is 10.6. The van der Waals surface area contributed by atoms with Crippen molar-refractivity contribution in [3.05, 3.63) is 67.2 Å². The Bertz CT molecular complexity index is 1200. The minimum atomic E-state index is -0.381. The van der Waals surface area contributed by atoms with Gasteiger partial charge in [-0.1, -0.05) is 18.2 Å². The van der Waals surface area contributed by atoms with Gasteiger partial charge in [0.15, 0.2) is 0 Å². The predicted octanol–water partition coefficient (Wildman–Crippen LogP) is 4.53. The number of likely N-dealkylation sites (tertiary alicyclic amines) is 2. The lowest BCUT2D eigenvalue weighted by Gasteiger charge is -2.32. The molecular weight excluding hydrogens is 472 g/mol. The molecule has 5 rings (SSSR count). The Balaban J connectivity index is 1.18. The monoisotopic (exact) mass is 496 g/mol. The van der Waals surface area contributed by atoms with Crippen LogP contribution in [0.4, 0.5) is 5.69 Å². The zero-order chi connectivity index (χ0) is 23.7. The van der Waals surface area contributed by atoms with Crippen LogP contribution in [0, 0.1) is 16.0 Å². The van der Waals surface area contributed by atoms with Gasteiger partial charge in [-0.05, 0) is 30.4 Å². The van der Waals surface area contributed by atoms with E-state index >= 15 is 0 Å². The fraction of sp³-hybridized carbons (Fsp3) is 0.375. The molecule has 2 aliphatic heterocycles. The van der Waals surface area contributed by atoms with Crippen LogP contribution in [-0.4, -0.2) is 51.2 Å². The Labute approximate surface area is 205 Å². The maximum atomic E-state index is 13.1. The van der Waals surface area contributed by atoms with Crippen LogP contribution < -0.4 is 0 Å². The summed E-state index contributed by atoms with van der Waals surface area (Å²) >= 11 is 3.14. The molecule has 0 saturated carbocycles. The minimum Gasteiger partial charge on any atom is -0.342 e. The Morgan fingerprint density at radius 1 is 1.15 bits per heavy atom. The smallest absolute Gasteiger partial charge is 0.278 e. The van der Waals surface area contributed by atoms with E-state index in [9.17, 15) is 19.7 Å². The molecule has 1 unspecified atom stereocenters. The van der Waals surface area contributed by atoms with Crippen molar-refractivity contribution in [1.29, 1.82) is 0 Å². The fourth-order valence-electron chi connectivity index (χ4n) is 4.73. The number of aromatic nitrogens is 1. The number of benzene rings is 1. The van der Waals surface area contributed by atoms with E-state index in [1.165, 1.54) is 17.4 Å². The van der Waals surface area contributed by atoms with Gasteiger partial charge in [-0.15, -0.1) is 22.7 Å². The Morgan fingerprint density at radius 3 is 2.68 bits per heavy atom. The molecule has 2 fully saturated rings. The summed E-state index contributed by atoms with van der Waals surface area (Å²) in [5.41, 5.74) is 1.21. The Morgan fingerprint density at radius 2 is 1.94 bits per heavy atom. The highest BCUT2D eigenvalue weighted by Gasteiger charge is 2.38. The van der Waals surface area contributed by atoms with Gasteiger partial charge in [0.1, 0.15) is 0 Å². The number of nitro benzene ring substituents is 1. The second-order valence-electron chi connectivity index (χ2n) is 8.70. The van der Waals surface area contributed by atoms with Crippen LogP contribution in [0.15, 0.2) is 47.2 Å². The standard InChI is InChI=1S/C24H24N4O4S2/c29-22-12-17(13-27(22)14-18-4-3-11-33-18)24(30)26-9-7-16(8-10-26)23-25-20(15-34-23)19-5-1-2-6-21(19)28(31)32/h1-6,11,15-17H,7-10,12-14H2. The van der Waals surface area contributed by atoms with Gasteiger partial charge in [0, 0.05) is 48.3 Å². The first kappa shape index (κ1) is 22.7. The summed E-state index contributed by atoms with van der Waals surface area (Å²) in [4.78, 5) is 46.0. The van der Waals surface area contributed by atoms with E-state index in [1.54, 1.807) is 34.4 Å². The molecule has 2 aromatic heterocycles. The first-order valence-electron chi connectivity index (χ1n) is 11.3. The number of nitro groups is 1. The quantitative estimate of drug-likeness (QED) is 0.369. The number of hydrogen-bond acceptors (Lipinski definition) is 7. The van der Waals surface area contributed by atoms with Crippen molar-refractivity contribution in [1.82, 2.24) is 14.8 Å². The number of rotatable bonds is 6. The lowest BCUT2D eigenvalue weighted by Crippen LogP contribution is -2.42. The zero-order valence-electron chi connectivity index (χ0n) is 18.5. The summed E-state index contributed by atoms with van der Waals surface area (Å²) in [7, 11) is 0. The first-order chi connectivity index (χ1) is 16.5. The van der Waals surface area contributed by atoms with Crippen LogP contribution in [-0.2, 0) is 16.1 Å². The molecule has 10 heteroatoms. The summed E-state index contributed by atoms with van der Waals surface area (Å²) in [5, 5.41) is 16.2. The molecule has 0 bridgehead atoms. The third-order valence-corrected chi connectivity index (χ3v) is 8.41. The molecular formula is C24H24N4O4S2. The van der Waals surface area contributed by atoms with Crippen molar-refractivity contribution in [3.8, 4) is 11.3 Å². The molecule has 0 N–H and O–H groups in total. The first-order valence-corrected chi connectivity index (χ1v) is 13.0. The summed E-state index contributed by atoms with van der Waals surface area (Å²) in [6.45, 7) is 2.34. The van der Waals surface area contributed by atoms with Crippen LogP contribution in [0.5, 0.6) is 0 Å². The topological polar surface area (TPSA) is 96.6 Å². The summed E-state index contributed by atoms with van der Waals surface area (Å²) in [6, 6.07) is 10.6. The molecule has 2 aliphatic rings. The number of thiazole rings is 1. The number of nitrogens with zero attached hydrogens (tertiary/aromatic N) is 4. The summed E-state index contributed by atoms with van der Waals surface area (Å²) in [6.07, 6.45) is 1.89. The van der Waals surface area contributed by atoms with Crippen LogP contribution >= 0.6 is 22.7 Å². The molecule has 4 heterocycles. The van der Waals surface area contributed by atoms with Gasteiger partial charge in [0.25, 0.3) is 5.69 Å². The molecule has 1 aromatic carbocycles. The van der Waals surface area contributed by atoms with Crippen LogP contribution in [0.3, 0.4) is 0 Å². The molecule has 2 saturated heterocycles. The zero-order valence-corrected chi connectivity index (χ0v) is 20.1. The Hall–Kier alpha value is -3.11. The number of thiophene rings is 1. The molecule has 34 heavy (non-hydrogen) atoms. The highest BCUT2D eigenvalue weighted by Crippen LogP contribution is 2.36. The van der Waals surface area contributed by atoms with Gasteiger partial charge in [0.05, 0.1) is 33.7 Å². The van der Waals surface area contributed by atoms with E-state index in [-0.39, 0.29) is 40.7 Å². The lowest BCUT2D eigenvalue weighted by molar-refractivity contribution is -0.384. The van der Waals surface area contributed by atoms with E-state index < -0.39 is 0 Å². The van der Waals surface area contributed by atoms with Crippen LogP contribution in [0.2, 0.25) is 0 Å². The van der Waals surface area contributed by atoms with Crippen LogP contribution in [0.1, 0.15) is 35.1 Å². The molecule has 3 aromatic rings. The van der Waals surface area contributed by atoms with E-state index in [2.05, 4.69) is 0 Å². The van der Waals surface area contributed by atoms with Gasteiger partial charge in [-0.2, -0.15) is 0 Å². The number of hydrogen-bond donors (Lipinski definition) is 0. The number of amides is 2. The fourth-order valence-corrected chi connectivity index (χ4v) is 6.45. The van der Waals surface area contributed by atoms with Gasteiger partial charge >= 0.3 is 0 Å². The van der Waals surface area contributed by atoms with Gasteiger partial charge < -0.3 is 9.80 Å². The van der Waals surface area contributed by atoms with Crippen molar-refractivity contribution in [2.24, 2.45) is 5.92 Å². The van der Waals surface area contributed by atoms with E-state index in [4.69, 9.17) is 4.98 Å². The molecule has 176 valence electrons. The average Bonchev–Trinajstić information content (AvgIpc) is 3.61. The number of carbonyl (C=O) groups excluding carboxylic acids is 2. The molecule has 8 nitrogen and oxygen atoms in total. The average molecular weight is 497 g/mol. The summed E-state index contributed by atoms with van der Waals surface area (Å²) < 4.78 is 0. The largest absolute Gasteiger partial charge is 0.342 e. The lowest BCUT2D eigenvalue weighted by atomic mass is 9.96. The molecule has 0 spiro atoms. The molecule has 2 amide bonds. The number of carbonyl (C=O) groups is 2. The SMILES string of the molecule is O=C1CC(C(=O)N2CCC(c3nc(-c4ccccc4[N+](=O)[O-])cs3)CC2)CN1Cc1cccs1. The molecule has 0 radical (unpaired) electrons. The van der Waals surface area contributed by atoms with Crippen molar-refractivity contribution in [2.75, 3.05) is 19.6 Å². The van der Waals surface area contributed by atoms with Gasteiger partial charge in [-0.3, -0.25) is 19.7 Å². The van der Waals surface area contributed by atoms with Crippen molar-refractivity contribution >= 4 is 40.2 Å². The summed E-state index contributed by atoms with van der Waals surface area (Å²) in [5.74, 6) is 0.0763. The van der Waals surface area contributed by atoms with Crippen molar-refractivity contribution in [3.63, 3.8) is 0 Å². The molecule has 0 aliphatic carbocycles. The van der Waals surface area contributed by atoms with E-state index in [1.807, 2.05) is 27.8 Å². The third-order valence-electron chi connectivity index (χ3n) is 6.55. The van der Waals surface area contributed by atoms with Crippen molar-refractivity contribution < 1.29 is 14.5 Å². The number of piperidine rings is 1. The highest BCUT2D eigenvalue weighted by molar-refractivity contribution is 7.10. The maximum Gasteiger partial charge on any atom is 0.278 e. The van der Waals surface area contributed by atoms with E-state index in [0.29, 0.717) is 37.4 Å². The predicted molar refractivity (Wildman–Crippen MR) is 131 cm³/mol. The van der Waals surface area contributed by atoms with Crippen LogP contribution in [0.25, 0.3) is 11.3 Å². The van der Waals surface area contributed by atoms with Crippen molar-refractivity contribution in [2.45, 2.75) is 31.7 Å². The normalized spacial score (nSPS) is 19.1. The maximum absolute atomic E-state index is 13.1. The Kier molecular flexibility index (Phi) is 6.42. The second kappa shape index (κ2) is 9.63.